The molecule has 1 amide bonds. The van der Waals surface area contributed by atoms with Crippen LogP contribution in [-0.4, -0.2) is 53.4 Å². The molecule has 0 radical (unpaired) electrons. The van der Waals surface area contributed by atoms with E-state index in [1.165, 1.54) is 12.1 Å². The Balaban J connectivity index is 1.72. The van der Waals surface area contributed by atoms with Crippen molar-refractivity contribution in [3.63, 3.8) is 0 Å². The number of nitrogens with zero attached hydrogens (tertiary/aromatic N) is 3. The first-order valence-corrected chi connectivity index (χ1v) is 9.25. The van der Waals surface area contributed by atoms with Crippen LogP contribution in [0.2, 0.25) is 0 Å². The lowest BCUT2D eigenvalue weighted by Crippen LogP contribution is -2.43. The van der Waals surface area contributed by atoms with Gasteiger partial charge in [0, 0.05) is 25.8 Å². The van der Waals surface area contributed by atoms with Crippen molar-refractivity contribution >= 4 is 5.91 Å². The van der Waals surface area contributed by atoms with Crippen LogP contribution in [0.25, 0.3) is 0 Å². The van der Waals surface area contributed by atoms with E-state index in [1.54, 1.807) is 23.1 Å². The lowest BCUT2D eigenvalue weighted by molar-refractivity contribution is 0.0162. The molecule has 0 unspecified atom stereocenters. The van der Waals surface area contributed by atoms with Gasteiger partial charge in [-0.3, -0.25) is 14.4 Å². The molecule has 1 aromatic heterocycles. The van der Waals surface area contributed by atoms with Crippen molar-refractivity contribution in [3.8, 4) is 0 Å². The second-order valence-electron chi connectivity index (χ2n) is 7.77. The molecule has 1 aliphatic heterocycles. The first kappa shape index (κ1) is 19.5. The maximum absolute atomic E-state index is 13.7. The van der Waals surface area contributed by atoms with Crippen LogP contribution in [0.1, 0.15) is 42.7 Å². The highest BCUT2D eigenvalue weighted by Crippen LogP contribution is 2.22. The zero-order chi connectivity index (χ0) is 19.4. The number of rotatable bonds is 5. The average molecular weight is 374 g/mol. The van der Waals surface area contributed by atoms with Crippen molar-refractivity contribution in [2.24, 2.45) is 0 Å². The molecule has 1 saturated heterocycles. The summed E-state index contributed by atoms with van der Waals surface area (Å²) in [7, 11) is 0. The largest absolute Gasteiger partial charge is 0.379 e. The zero-order valence-corrected chi connectivity index (χ0v) is 16.1. The van der Waals surface area contributed by atoms with Crippen molar-refractivity contribution in [2.45, 2.75) is 32.4 Å². The summed E-state index contributed by atoms with van der Waals surface area (Å²) in [5, 5.41) is 7.26. The van der Waals surface area contributed by atoms with Crippen LogP contribution in [0.15, 0.2) is 36.7 Å². The third kappa shape index (κ3) is 4.93. The molecule has 2 aromatic rings. The number of amides is 1. The van der Waals surface area contributed by atoms with Gasteiger partial charge in [-0.1, -0.05) is 12.1 Å². The van der Waals surface area contributed by atoms with E-state index in [0.29, 0.717) is 25.3 Å². The number of ether oxygens (including phenoxy) is 1. The van der Waals surface area contributed by atoms with E-state index in [0.717, 1.165) is 18.7 Å². The predicted molar refractivity (Wildman–Crippen MR) is 101 cm³/mol. The van der Waals surface area contributed by atoms with Crippen molar-refractivity contribution in [2.75, 3.05) is 32.8 Å². The molecule has 7 heteroatoms. The number of nitrogens with one attached hydrogen (secondary N) is 1. The summed E-state index contributed by atoms with van der Waals surface area (Å²) in [6.45, 7) is 9.25. The highest BCUT2D eigenvalue weighted by atomic mass is 19.1. The first-order valence-electron chi connectivity index (χ1n) is 9.25. The van der Waals surface area contributed by atoms with Crippen LogP contribution in [0.4, 0.5) is 4.39 Å². The molecule has 0 bridgehead atoms. The van der Waals surface area contributed by atoms with Crippen LogP contribution in [-0.2, 0) is 10.3 Å². The quantitative estimate of drug-likeness (QED) is 0.874. The van der Waals surface area contributed by atoms with Crippen LogP contribution in [0.3, 0.4) is 0 Å². The second kappa shape index (κ2) is 8.19. The maximum atomic E-state index is 13.7. The average Bonchev–Trinajstić information content (AvgIpc) is 3.13. The van der Waals surface area contributed by atoms with Gasteiger partial charge in [-0.15, -0.1) is 0 Å². The molecule has 0 aliphatic carbocycles. The van der Waals surface area contributed by atoms with Gasteiger partial charge in [0.1, 0.15) is 5.82 Å². The minimum Gasteiger partial charge on any atom is -0.379 e. The Kier molecular flexibility index (Phi) is 5.92. The highest BCUT2D eigenvalue weighted by molar-refractivity contribution is 5.93. The molecule has 2 heterocycles. The van der Waals surface area contributed by atoms with Gasteiger partial charge in [-0.05, 0) is 38.5 Å². The monoisotopic (exact) mass is 374 g/mol. The topological polar surface area (TPSA) is 59.4 Å². The number of carbonyl (C=O) groups is 1. The Morgan fingerprint density at radius 2 is 2.07 bits per heavy atom. The number of carbonyl (C=O) groups excluding carboxylic acids is 1. The molecule has 1 aromatic carbocycles. The standard InChI is InChI=1S/C20H27FN4O2/c1-20(2,3)25-14-16(12-23-25)19(26)22-13-18(24-7-9-27-10-8-24)15-5-4-6-17(21)11-15/h4-6,11-12,14,18H,7-10,13H2,1-3H3,(H,22,26)/t18-/m1/s1. The van der Waals surface area contributed by atoms with Crippen LogP contribution < -0.4 is 5.32 Å². The third-order valence-electron chi connectivity index (χ3n) is 4.71. The second-order valence-corrected chi connectivity index (χ2v) is 7.77. The molecule has 0 spiro atoms. The molecule has 6 nitrogen and oxygen atoms in total. The molecule has 1 N–H and O–H groups in total. The number of hydrogen-bond donors (Lipinski definition) is 1. The summed E-state index contributed by atoms with van der Waals surface area (Å²) in [5.74, 6) is -0.455. The maximum Gasteiger partial charge on any atom is 0.254 e. The zero-order valence-electron chi connectivity index (χ0n) is 16.1. The molecule has 0 saturated carbocycles. The fraction of sp³-hybridized carbons (Fsp3) is 0.500. The van der Waals surface area contributed by atoms with Gasteiger partial charge in [0.25, 0.3) is 5.91 Å². The number of morpholine rings is 1. The van der Waals surface area contributed by atoms with Gasteiger partial charge >= 0.3 is 0 Å². The fourth-order valence-electron chi connectivity index (χ4n) is 3.16. The van der Waals surface area contributed by atoms with E-state index >= 15 is 0 Å². The molecule has 1 atom stereocenters. The van der Waals surface area contributed by atoms with Crippen molar-refractivity contribution < 1.29 is 13.9 Å². The first-order chi connectivity index (χ1) is 12.8. The number of benzene rings is 1. The third-order valence-corrected chi connectivity index (χ3v) is 4.71. The molecular weight excluding hydrogens is 347 g/mol. The van der Waals surface area contributed by atoms with Crippen LogP contribution in [0, 0.1) is 5.82 Å². The fourth-order valence-corrected chi connectivity index (χ4v) is 3.16. The predicted octanol–water partition coefficient (Wildman–Crippen LogP) is 2.58. The molecule has 27 heavy (non-hydrogen) atoms. The van der Waals surface area contributed by atoms with Crippen molar-refractivity contribution in [1.29, 1.82) is 0 Å². The summed E-state index contributed by atoms with van der Waals surface area (Å²) in [6.07, 6.45) is 3.33. The summed E-state index contributed by atoms with van der Waals surface area (Å²) in [6, 6.07) is 6.45. The van der Waals surface area contributed by atoms with Gasteiger partial charge in [0.2, 0.25) is 0 Å². The van der Waals surface area contributed by atoms with E-state index in [4.69, 9.17) is 4.74 Å². The summed E-state index contributed by atoms with van der Waals surface area (Å²) < 4.78 is 20.9. The number of aromatic nitrogens is 2. The van der Waals surface area contributed by atoms with Gasteiger partial charge in [-0.2, -0.15) is 5.10 Å². The SMILES string of the molecule is CC(C)(C)n1cc(C(=O)NC[C@H](c2cccc(F)c2)N2CCOCC2)cn1. The molecule has 1 fully saturated rings. The summed E-state index contributed by atoms with van der Waals surface area (Å²) in [5.41, 5.74) is 1.18. The molecule has 146 valence electrons. The number of hydrogen-bond acceptors (Lipinski definition) is 4. The minimum atomic E-state index is -0.275. The summed E-state index contributed by atoms with van der Waals surface area (Å²) in [4.78, 5) is 14.8. The molecule has 1 aliphatic rings. The van der Waals surface area contributed by atoms with Crippen LogP contribution >= 0.6 is 0 Å². The van der Waals surface area contributed by atoms with E-state index in [2.05, 4.69) is 15.3 Å². The Morgan fingerprint density at radius 3 is 2.70 bits per heavy atom. The lowest BCUT2D eigenvalue weighted by atomic mass is 10.0. The van der Waals surface area contributed by atoms with Gasteiger partial charge < -0.3 is 10.1 Å². The molecular formula is C20H27FN4O2. The van der Waals surface area contributed by atoms with E-state index in [1.807, 2.05) is 26.8 Å². The summed E-state index contributed by atoms with van der Waals surface area (Å²) >= 11 is 0. The molecule has 3 rings (SSSR count). The minimum absolute atomic E-state index is 0.105. The van der Waals surface area contributed by atoms with Gasteiger partial charge in [0.05, 0.1) is 36.6 Å². The Bertz CT molecular complexity index is 778. The number of halogens is 1. The van der Waals surface area contributed by atoms with Gasteiger partial charge in [0.15, 0.2) is 0 Å². The van der Waals surface area contributed by atoms with E-state index in [9.17, 15) is 9.18 Å². The van der Waals surface area contributed by atoms with Crippen LogP contribution in [0.5, 0.6) is 0 Å². The van der Waals surface area contributed by atoms with E-state index in [-0.39, 0.29) is 23.3 Å². The highest BCUT2D eigenvalue weighted by Gasteiger charge is 2.24. The van der Waals surface area contributed by atoms with Crippen molar-refractivity contribution in [3.05, 3.63) is 53.6 Å². The van der Waals surface area contributed by atoms with Gasteiger partial charge in [-0.25, -0.2) is 4.39 Å². The normalized spacial score (nSPS) is 16.9. The van der Waals surface area contributed by atoms with E-state index < -0.39 is 0 Å². The Morgan fingerprint density at radius 1 is 1.33 bits per heavy atom. The Hall–Kier alpha value is -2.25. The smallest absolute Gasteiger partial charge is 0.254 e. The lowest BCUT2D eigenvalue weighted by Gasteiger charge is -2.34. The van der Waals surface area contributed by atoms with Crippen molar-refractivity contribution in [1.82, 2.24) is 20.0 Å². The Labute approximate surface area is 159 Å².